The van der Waals surface area contributed by atoms with Gasteiger partial charge in [-0.1, -0.05) is 0 Å². The third kappa shape index (κ3) is 4.67. The third-order valence-electron chi connectivity index (χ3n) is 4.16. The molecule has 2 heterocycles. The maximum absolute atomic E-state index is 5.54. The minimum absolute atomic E-state index is 0.244. The number of rotatable bonds is 9. The van der Waals surface area contributed by atoms with Crippen LogP contribution >= 0.6 is 0 Å². The molecular formula is C19H26N2O4. The Balaban J connectivity index is 1.72. The maximum Gasteiger partial charge on any atom is 0.231 e. The van der Waals surface area contributed by atoms with Gasteiger partial charge in [0.25, 0.3) is 0 Å². The van der Waals surface area contributed by atoms with E-state index in [-0.39, 0.29) is 6.79 Å². The van der Waals surface area contributed by atoms with Crippen LogP contribution in [0.25, 0.3) is 0 Å². The number of ether oxygens (including phenoxy) is 3. The van der Waals surface area contributed by atoms with Gasteiger partial charge >= 0.3 is 0 Å². The Hall–Kier alpha value is -2.18. The fourth-order valence-electron chi connectivity index (χ4n) is 2.98. The molecule has 0 fully saturated rings. The van der Waals surface area contributed by atoms with E-state index in [4.69, 9.17) is 18.6 Å². The van der Waals surface area contributed by atoms with Crippen molar-refractivity contribution in [2.24, 2.45) is 0 Å². The normalized spacial score (nSPS) is 13.0. The summed E-state index contributed by atoms with van der Waals surface area (Å²) in [7, 11) is 5.85. The van der Waals surface area contributed by atoms with Crippen LogP contribution in [0.15, 0.2) is 34.9 Å². The predicted octanol–water partition coefficient (Wildman–Crippen LogP) is 2.97. The van der Waals surface area contributed by atoms with Gasteiger partial charge in [-0.25, -0.2) is 0 Å². The number of nitrogens with zero attached hydrogens (tertiary/aromatic N) is 2. The van der Waals surface area contributed by atoms with E-state index < -0.39 is 0 Å². The van der Waals surface area contributed by atoms with Crippen LogP contribution in [0.3, 0.4) is 0 Å². The standard InChI is InChI=1S/C19H26N2O4/c1-20(2)7-5-8-21(13-16-6-4-9-23-16)12-15-10-17(22-3)19-18(11-15)24-14-25-19/h4,6,9-11H,5,7-8,12-14H2,1-3H3. The van der Waals surface area contributed by atoms with Crippen molar-refractivity contribution in [1.29, 1.82) is 0 Å². The van der Waals surface area contributed by atoms with Crippen LogP contribution in [0, 0.1) is 0 Å². The number of hydrogen-bond donors (Lipinski definition) is 0. The Morgan fingerprint density at radius 3 is 2.72 bits per heavy atom. The van der Waals surface area contributed by atoms with E-state index in [1.54, 1.807) is 13.4 Å². The maximum atomic E-state index is 5.54. The molecular weight excluding hydrogens is 320 g/mol. The summed E-state index contributed by atoms with van der Waals surface area (Å²) in [6, 6.07) is 8.00. The Labute approximate surface area is 148 Å². The van der Waals surface area contributed by atoms with E-state index in [1.807, 2.05) is 24.3 Å². The quantitative estimate of drug-likeness (QED) is 0.696. The molecule has 3 rings (SSSR count). The van der Waals surface area contributed by atoms with Gasteiger partial charge in [-0.3, -0.25) is 4.90 Å². The number of furan rings is 1. The number of hydrogen-bond acceptors (Lipinski definition) is 6. The van der Waals surface area contributed by atoms with Crippen molar-refractivity contribution in [3.63, 3.8) is 0 Å². The molecule has 6 heteroatoms. The fourth-order valence-corrected chi connectivity index (χ4v) is 2.98. The van der Waals surface area contributed by atoms with Gasteiger partial charge in [0.1, 0.15) is 5.76 Å². The minimum atomic E-state index is 0.244. The molecule has 0 saturated carbocycles. The minimum Gasteiger partial charge on any atom is -0.493 e. The summed E-state index contributed by atoms with van der Waals surface area (Å²) in [6.45, 7) is 3.85. The largest absolute Gasteiger partial charge is 0.493 e. The molecule has 2 aromatic rings. The summed E-state index contributed by atoms with van der Waals surface area (Å²) < 4.78 is 22.0. The van der Waals surface area contributed by atoms with Gasteiger partial charge in [-0.05, 0) is 56.9 Å². The summed E-state index contributed by atoms with van der Waals surface area (Å²) >= 11 is 0. The number of fused-ring (bicyclic) bond motifs is 1. The zero-order valence-corrected chi connectivity index (χ0v) is 15.2. The Morgan fingerprint density at radius 2 is 2.00 bits per heavy atom. The highest BCUT2D eigenvalue weighted by atomic mass is 16.7. The van der Waals surface area contributed by atoms with Crippen molar-refractivity contribution in [1.82, 2.24) is 9.80 Å². The van der Waals surface area contributed by atoms with Crippen LogP contribution in [0.1, 0.15) is 17.7 Å². The van der Waals surface area contributed by atoms with E-state index >= 15 is 0 Å². The van der Waals surface area contributed by atoms with Crippen LogP contribution in [-0.4, -0.2) is 50.9 Å². The molecule has 0 atom stereocenters. The van der Waals surface area contributed by atoms with Crippen LogP contribution in [-0.2, 0) is 13.1 Å². The van der Waals surface area contributed by atoms with Crippen LogP contribution in [0.4, 0.5) is 0 Å². The van der Waals surface area contributed by atoms with Gasteiger partial charge in [-0.2, -0.15) is 0 Å². The van der Waals surface area contributed by atoms with E-state index in [1.165, 1.54) is 0 Å². The average molecular weight is 346 g/mol. The molecule has 0 radical (unpaired) electrons. The first-order valence-electron chi connectivity index (χ1n) is 8.51. The second kappa shape index (κ2) is 8.27. The van der Waals surface area contributed by atoms with Crippen LogP contribution < -0.4 is 14.2 Å². The molecule has 0 aliphatic carbocycles. The van der Waals surface area contributed by atoms with Crippen molar-refractivity contribution in [3.8, 4) is 17.2 Å². The molecule has 1 aliphatic heterocycles. The first-order valence-corrected chi connectivity index (χ1v) is 8.51. The Morgan fingerprint density at radius 1 is 1.12 bits per heavy atom. The second-order valence-electron chi connectivity index (χ2n) is 6.48. The predicted molar refractivity (Wildman–Crippen MR) is 95.1 cm³/mol. The fraction of sp³-hybridized carbons (Fsp3) is 0.474. The van der Waals surface area contributed by atoms with Gasteiger partial charge in [-0.15, -0.1) is 0 Å². The molecule has 6 nitrogen and oxygen atoms in total. The molecule has 136 valence electrons. The van der Waals surface area contributed by atoms with E-state index in [2.05, 4.69) is 23.9 Å². The molecule has 1 aromatic carbocycles. The number of methoxy groups -OCH3 is 1. The van der Waals surface area contributed by atoms with Crippen molar-refractivity contribution in [3.05, 3.63) is 41.9 Å². The lowest BCUT2D eigenvalue weighted by Gasteiger charge is -2.22. The average Bonchev–Trinajstić information content (AvgIpc) is 3.24. The van der Waals surface area contributed by atoms with Gasteiger partial charge in [0.05, 0.1) is 19.9 Å². The van der Waals surface area contributed by atoms with Crippen molar-refractivity contribution in [2.45, 2.75) is 19.5 Å². The molecule has 0 N–H and O–H groups in total. The SMILES string of the molecule is COc1cc(CN(CCCN(C)C)Cc2ccco2)cc2c1OCO2. The zero-order valence-electron chi connectivity index (χ0n) is 15.2. The van der Waals surface area contributed by atoms with Gasteiger partial charge in [0.15, 0.2) is 11.5 Å². The van der Waals surface area contributed by atoms with Crippen molar-refractivity contribution >= 4 is 0 Å². The molecule has 0 spiro atoms. The first kappa shape index (κ1) is 17.6. The summed E-state index contributed by atoms with van der Waals surface area (Å²) in [5.41, 5.74) is 1.14. The monoisotopic (exact) mass is 346 g/mol. The smallest absolute Gasteiger partial charge is 0.231 e. The molecule has 1 aromatic heterocycles. The topological polar surface area (TPSA) is 47.3 Å². The molecule has 0 amide bonds. The van der Waals surface area contributed by atoms with Crippen molar-refractivity contribution < 1.29 is 18.6 Å². The van der Waals surface area contributed by atoms with Crippen molar-refractivity contribution in [2.75, 3.05) is 41.1 Å². The first-order chi connectivity index (χ1) is 12.2. The summed E-state index contributed by atoms with van der Waals surface area (Å²) in [4.78, 5) is 4.58. The van der Waals surface area contributed by atoms with E-state index in [0.717, 1.165) is 55.4 Å². The van der Waals surface area contributed by atoms with Gasteiger partial charge in [0.2, 0.25) is 12.5 Å². The van der Waals surface area contributed by atoms with E-state index in [9.17, 15) is 0 Å². The third-order valence-corrected chi connectivity index (χ3v) is 4.16. The molecule has 0 bridgehead atoms. The highest BCUT2D eigenvalue weighted by Crippen LogP contribution is 2.42. The van der Waals surface area contributed by atoms with E-state index in [0.29, 0.717) is 5.75 Å². The Bertz CT molecular complexity index is 670. The lowest BCUT2D eigenvalue weighted by Crippen LogP contribution is -2.26. The Kier molecular flexibility index (Phi) is 5.83. The molecule has 0 saturated heterocycles. The number of benzene rings is 1. The summed E-state index contributed by atoms with van der Waals surface area (Å²) in [6.07, 6.45) is 2.81. The van der Waals surface area contributed by atoms with Crippen LogP contribution in [0.2, 0.25) is 0 Å². The summed E-state index contributed by atoms with van der Waals surface area (Å²) in [5, 5.41) is 0. The zero-order chi connectivity index (χ0) is 17.6. The summed E-state index contributed by atoms with van der Waals surface area (Å²) in [5.74, 6) is 3.13. The lowest BCUT2D eigenvalue weighted by atomic mass is 10.1. The van der Waals surface area contributed by atoms with Crippen LogP contribution in [0.5, 0.6) is 17.2 Å². The highest BCUT2D eigenvalue weighted by molar-refractivity contribution is 5.55. The van der Waals surface area contributed by atoms with Gasteiger partial charge in [0, 0.05) is 13.1 Å². The second-order valence-corrected chi connectivity index (χ2v) is 6.48. The molecule has 1 aliphatic rings. The molecule has 25 heavy (non-hydrogen) atoms. The lowest BCUT2D eigenvalue weighted by molar-refractivity contribution is 0.171. The molecule has 0 unspecified atom stereocenters. The van der Waals surface area contributed by atoms with Gasteiger partial charge < -0.3 is 23.5 Å². The highest BCUT2D eigenvalue weighted by Gasteiger charge is 2.21.